The van der Waals surface area contributed by atoms with Crippen LogP contribution in [0.2, 0.25) is 0 Å². The Bertz CT molecular complexity index is 402. The molecule has 1 unspecified atom stereocenters. The van der Waals surface area contributed by atoms with Crippen molar-refractivity contribution in [2.24, 2.45) is 11.7 Å². The van der Waals surface area contributed by atoms with Crippen LogP contribution in [-0.2, 0) is 4.79 Å². The highest BCUT2D eigenvalue weighted by molar-refractivity contribution is 5.81. The van der Waals surface area contributed by atoms with Crippen LogP contribution >= 0.6 is 0 Å². The lowest BCUT2D eigenvalue weighted by molar-refractivity contribution is -0.134. The highest BCUT2D eigenvalue weighted by atomic mass is 16.2. The lowest BCUT2D eigenvalue weighted by atomic mass is 9.94. The molecule has 5 nitrogen and oxygen atoms in total. The predicted octanol–water partition coefficient (Wildman–Crippen LogP) is 1.49. The van der Waals surface area contributed by atoms with E-state index in [1.807, 2.05) is 11.0 Å². The number of aromatic nitrogens is 2. The Kier molecular flexibility index (Phi) is 4.58. The minimum absolute atomic E-state index is 0.0953. The smallest absolute Gasteiger partial charge is 0.239 e. The minimum Gasteiger partial charge on any atom is -0.341 e. The summed E-state index contributed by atoms with van der Waals surface area (Å²) in [4.78, 5) is 14.2. The fourth-order valence-corrected chi connectivity index (χ4v) is 2.77. The zero-order valence-corrected chi connectivity index (χ0v) is 11.8. The fourth-order valence-electron chi connectivity index (χ4n) is 2.77. The maximum absolute atomic E-state index is 12.3. The van der Waals surface area contributed by atoms with Gasteiger partial charge in [0, 0.05) is 30.9 Å². The summed E-state index contributed by atoms with van der Waals surface area (Å²) in [6.07, 6.45) is 4.65. The van der Waals surface area contributed by atoms with Crippen LogP contribution in [0.4, 0.5) is 0 Å². The van der Waals surface area contributed by atoms with Crippen molar-refractivity contribution in [3.8, 4) is 0 Å². The topological polar surface area (TPSA) is 75.0 Å². The molecule has 0 radical (unpaired) electrons. The third-order valence-electron chi connectivity index (χ3n) is 3.74. The van der Waals surface area contributed by atoms with Gasteiger partial charge in [0.15, 0.2) is 0 Å². The molecule has 1 aromatic rings. The zero-order valence-electron chi connectivity index (χ0n) is 11.8. The second-order valence-corrected chi connectivity index (χ2v) is 5.87. The first-order valence-corrected chi connectivity index (χ1v) is 7.11. The summed E-state index contributed by atoms with van der Waals surface area (Å²) >= 11 is 0. The van der Waals surface area contributed by atoms with Gasteiger partial charge >= 0.3 is 0 Å². The van der Waals surface area contributed by atoms with Crippen molar-refractivity contribution < 1.29 is 4.79 Å². The number of likely N-dealkylation sites (tertiary alicyclic amines) is 1. The van der Waals surface area contributed by atoms with E-state index in [-0.39, 0.29) is 11.9 Å². The van der Waals surface area contributed by atoms with E-state index in [0.717, 1.165) is 38.0 Å². The molecule has 0 spiro atoms. The number of amides is 1. The minimum atomic E-state index is -0.361. The van der Waals surface area contributed by atoms with Crippen molar-refractivity contribution in [3.05, 3.63) is 18.0 Å². The van der Waals surface area contributed by atoms with Gasteiger partial charge < -0.3 is 10.6 Å². The summed E-state index contributed by atoms with van der Waals surface area (Å²) in [6.45, 7) is 5.77. The number of H-pyrrole nitrogens is 1. The van der Waals surface area contributed by atoms with Crippen LogP contribution in [0.15, 0.2) is 12.3 Å². The van der Waals surface area contributed by atoms with Crippen LogP contribution in [0.3, 0.4) is 0 Å². The first-order valence-electron chi connectivity index (χ1n) is 7.11. The van der Waals surface area contributed by atoms with Crippen LogP contribution < -0.4 is 5.73 Å². The summed E-state index contributed by atoms with van der Waals surface area (Å²) < 4.78 is 0. The van der Waals surface area contributed by atoms with E-state index in [1.54, 1.807) is 6.20 Å². The van der Waals surface area contributed by atoms with E-state index < -0.39 is 0 Å². The third kappa shape index (κ3) is 3.56. The summed E-state index contributed by atoms with van der Waals surface area (Å²) in [7, 11) is 0. The van der Waals surface area contributed by atoms with E-state index in [9.17, 15) is 4.79 Å². The number of nitrogens with zero attached hydrogens (tertiary/aromatic N) is 2. The number of aromatic amines is 1. The Morgan fingerprint density at radius 3 is 3.05 bits per heavy atom. The van der Waals surface area contributed by atoms with Crippen LogP contribution in [0.5, 0.6) is 0 Å². The summed E-state index contributed by atoms with van der Waals surface area (Å²) in [5.74, 6) is 0.913. The van der Waals surface area contributed by atoms with E-state index in [4.69, 9.17) is 5.73 Å². The molecule has 2 rings (SSSR count). The van der Waals surface area contributed by atoms with Gasteiger partial charge in [-0.25, -0.2) is 0 Å². The Morgan fingerprint density at radius 1 is 1.63 bits per heavy atom. The number of hydrogen-bond acceptors (Lipinski definition) is 3. The second-order valence-electron chi connectivity index (χ2n) is 5.87. The number of nitrogens with one attached hydrogen (secondary N) is 1. The van der Waals surface area contributed by atoms with Crippen LogP contribution in [0, 0.1) is 5.92 Å². The third-order valence-corrected chi connectivity index (χ3v) is 3.74. The normalized spacial score (nSPS) is 21.7. The molecule has 1 aromatic heterocycles. The van der Waals surface area contributed by atoms with Crippen LogP contribution in [0.25, 0.3) is 0 Å². The Labute approximate surface area is 114 Å². The fraction of sp³-hybridized carbons (Fsp3) is 0.714. The number of carbonyl (C=O) groups is 1. The molecule has 106 valence electrons. The van der Waals surface area contributed by atoms with Gasteiger partial charge in [-0.05, 0) is 31.2 Å². The molecule has 1 aliphatic heterocycles. The Balaban J connectivity index is 1.95. The van der Waals surface area contributed by atoms with Crippen molar-refractivity contribution in [2.45, 2.75) is 45.1 Å². The largest absolute Gasteiger partial charge is 0.341 e. The van der Waals surface area contributed by atoms with Crippen molar-refractivity contribution in [3.63, 3.8) is 0 Å². The first kappa shape index (κ1) is 14.1. The van der Waals surface area contributed by atoms with Gasteiger partial charge in [0.05, 0.1) is 6.04 Å². The average molecular weight is 264 g/mol. The van der Waals surface area contributed by atoms with Crippen molar-refractivity contribution in [1.82, 2.24) is 15.1 Å². The Hall–Kier alpha value is -1.36. The summed E-state index contributed by atoms with van der Waals surface area (Å²) in [6, 6.07) is 1.63. The molecule has 5 heteroatoms. The number of carbonyl (C=O) groups excluding carboxylic acids is 1. The van der Waals surface area contributed by atoms with Gasteiger partial charge in [-0.1, -0.05) is 13.8 Å². The zero-order chi connectivity index (χ0) is 13.8. The van der Waals surface area contributed by atoms with Gasteiger partial charge in [-0.3, -0.25) is 9.89 Å². The van der Waals surface area contributed by atoms with Crippen molar-refractivity contribution >= 4 is 5.91 Å². The molecule has 1 amide bonds. The quantitative estimate of drug-likeness (QED) is 0.865. The van der Waals surface area contributed by atoms with Gasteiger partial charge in [-0.2, -0.15) is 5.10 Å². The molecule has 1 fully saturated rings. The van der Waals surface area contributed by atoms with Crippen LogP contribution in [-0.4, -0.2) is 40.1 Å². The van der Waals surface area contributed by atoms with E-state index in [2.05, 4.69) is 24.0 Å². The molecule has 3 N–H and O–H groups in total. The molecule has 19 heavy (non-hydrogen) atoms. The molecule has 2 atom stereocenters. The summed E-state index contributed by atoms with van der Waals surface area (Å²) in [5.41, 5.74) is 7.12. The predicted molar refractivity (Wildman–Crippen MR) is 74.6 cm³/mol. The van der Waals surface area contributed by atoms with E-state index in [0.29, 0.717) is 11.8 Å². The second kappa shape index (κ2) is 6.19. The van der Waals surface area contributed by atoms with E-state index in [1.165, 1.54) is 0 Å². The number of piperidine rings is 1. The summed E-state index contributed by atoms with van der Waals surface area (Å²) in [5, 5.41) is 7.00. The molecule has 0 saturated carbocycles. The standard InChI is InChI=1S/C14H24N4O/c1-10(2)8-12(15)14(19)18-7-3-4-11(9-18)13-5-6-16-17-13/h5-6,10-12H,3-4,7-9,15H2,1-2H3,(H,16,17)/t11?,12-/m0/s1. The van der Waals surface area contributed by atoms with Gasteiger partial charge in [-0.15, -0.1) is 0 Å². The molecule has 0 aromatic carbocycles. The molecule has 2 heterocycles. The van der Waals surface area contributed by atoms with Gasteiger partial charge in [0.25, 0.3) is 0 Å². The van der Waals surface area contributed by atoms with Crippen molar-refractivity contribution in [2.75, 3.05) is 13.1 Å². The molecule has 0 bridgehead atoms. The Morgan fingerprint density at radius 2 is 2.42 bits per heavy atom. The van der Waals surface area contributed by atoms with Crippen LogP contribution in [0.1, 0.15) is 44.7 Å². The lowest BCUT2D eigenvalue weighted by Crippen LogP contribution is -2.48. The van der Waals surface area contributed by atoms with Gasteiger partial charge in [0.1, 0.15) is 0 Å². The molecule has 1 aliphatic rings. The average Bonchev–Trinajstić information content (AvgIpc) is 2.91. The van der Waals surface area contributed by atoms with Gasteiger partial charge in [0.2, 0.25) is 5.91 Å². The number of hydrogen-bond donors (Lipinski definition) is 2. The van der Waals surface area contributed by atoms with Crippen molar-refractivity contribution in [1.29, 1.82) is 0 Å². The number of rotatable bonds is 4. The lowest BCUT2D eigenvalue weighted by Gasteiger charge is -2.34. The molecular weight excluding hydrogens is 240 g/mol. The molecule has 0 aliphatic carbocycles. The molecule has 1 saturated heterocycles. The monoisotopic (exact) mass is 264 g/mol. The molecular formula is C14H24N4O. The SMILES string of the molecule is CC(C)C[C@H](N)C(=O)N1CCCC(c2ccn[nH]2)C1. The van der Waals surface area contributed by atoms with E-state index >= 15 is 0 Å². The first-order chi connectivity index (χ1) is 9.08. The highest BCUT2D eigenvalue weighted by Gasteiger charge is 2.28. The maximum Gasteiger partial charge on any atom is 0.239 e. The maximum atomic E-state index is 12.3. The number of nitrogens with two attached hydrogens (primary N) is 1. The highest BCUT2D eigenvalue weighted by Crippen LogP contribution is 2.25.